The first-order chi connectivity index (χ1) is 8.04. The van der Waals surface area contributed by atoms with Gasteiger partial charge in [-0.3, -0.25) is 4.90 Å². The number of benzene rings is 1. The molecule has 0 aromatic heterocycles. The number of hydrogen-bond donors (Lipinski definition) is 2. The Morgan fingerprint density at radius 3 is 2.76 bits per heavy atom. The maximum absolute atomic E-state index is 13.8. The number of nitrogens with zero attached hydrogens (tertiary/aromatic N) is 1. The van der Waals surface area contributed by atoms with Crippen LogP contribution in [0.4, 0.5) is 8.78 Å². The van der Waals surface area contributed by atoms with E-state index in [9.17, 15) is 13.9 Å². The Hall–Kier alpha value is -1.20. The van der Waals surface area contributed by atoms with Crippen LogP contribution in [0.2, 0.25) is 0 Å². The molecule has 3 nitrogen and oxygen atoms in total. The van der Waals surface area contributed by atoms with Crippen LogP contribution in [0.25, 0.3) is 0 Å². The van der Waals surface area contributed by atoms with Crippen molar-refractivity contribution in [2.24, 2.45) is 11.7 Å². The molecule has 0 radical (unpaired) electrons. The van der Waals surface area contributed by atoms with Crippen molar-refractivity contribution in [3.8, 4) is 5.75 Å². The predicted octanol–water partition coefficient (Wildman–Crippen LogP) is 1.62. The number of rotatable bonds is 2. The molecule has 0 spiro atoms. The lowest BCUT2D eigenvalue weighted by atomic mass is 9.99. The van der Waals surface area contributed by atoms with Crippen LogP contribution < -0.4 is 5.73 Å². The van der Waals surface area contributed by atoms with Gasteiger partial charge >= 0.3 is 0 Å². The molecular weight excluding hydrogens is 226 g/mol. The van der Waals surface area contributed by atoms with Crippen LogP contribution in [0.15, 0.2) is 12.1 Å². The van der Waals surface area contributed by atoms with E-state index in [1.807, 2.05) is 11.9 Å². The van der Waals surface area contributed by atoms with Crippen LogP contribution in [0.5, 0.6) is 5.75 Å². The first-order valence-corrected chi connectivity index (χ1v) is 5.61. The summed E-state index contributed by atoms with van der Waals surface area (Å²) in [5, 5.41) is 9.26. The summed E-state index contributed by atoms with van der Waals surface area (Å²) < 4.78 is 26.7. The average Bonchev–Trinajstić information content (AvgIpc) is 2.68. The van der Waals surface area contributed by atoms with Crippen molar-refractivity contribution in [2.75, 3.05) is 20.1 Å². The predicted molar refractivity (Wildman–Crippen MR) is 60.6 cm³/mol. The normalized spacial score (nSPS) is 25.4. The molecule has 1 saturated heterocycles. The summed E-state index contributed by atoms with van der Waals surface area (Å²) in [5.74, 6) is -2.37. The lowest BCUT2D eigenvalue weighted by Gasteiger charge is -2.20. The number of phenols is 1. The van der Waals surface area contributed by atoms with Crippen LogP contribution in [-0.4, -0.2) is 30.1 Å². The van der Waals surface area contributed by atoms with E-state index in [4.69, 9.17) is 5.73 Å². The molecule has 0 bridgehead atoms. The van der Waals surface area contributed by atoms with Crippen molar-refractivity contribution < 1.29 is 13.9 Å². The minimum absolute atomic E-state index is 0.143. The van der Waals surface area contributed by atoms with E-state index in [0.717, 1.165) is 19.0 Å². The average molecular weight is 242 g/mol. The van der Waals surface area contributed by atoms with Gasteiger partial charge in [-0.15, -0.1) is 0 Å². The van der Waals surface area contributed by atoms with E-state index in [0.29, 0.717) is 18.0 Å². The van der Waals surface area contributed by atoms with Crippen LogP contribution in [0.1, 0.15) is 18.0 Å². The maximum Gasteiger partial charge on any atom is 0.188 e. The third-order valence-corrected chi connectivity index (χ3v) is 3.42. The number of phenolic OH excluding ortho intramolecular Hbond substituents is 1. The van der Waals surface area contributed by atoms with Crippen LogP contribution in [0.3, 0.4) is 0 Å². The maximum atomic E-state index is 13.8. The fraction of sp³-hybridized carbons (Fsp3) is 0.500. The molecule has 17 heavy (non-hydrogen) atoms. The second kappa shape index (κ2) is 4.58. The second-order valence-electron chi connectivity index (χ2n) is 4.59. The molecule has 1 aromatic rings. The first kappa shape index (κ1) is 12.3. The quantitative estimate of drug-likeness (QED) is 0.828. The zero-order valence-corrected chi connectivity index (χ0v) is 9.66. The molecule has 1 aliphatic rings. The highest BCUT2D eigenvalue weighted by Crippen LogP contribution is 2.37. The molecule has 5 heteroatoms. The highest BCUT2D eigenvalue weighted by Gasteiger charge is 2.32. The van der Waals surface area contributed by atoms with Gasteiger partial charge in [-0.25, -0.2) is 8.78 Å². The summed E-state index contributed by atoms with van der Waals surface area (Å²) in [6, 6.07) is 2.34. The van der Waals surface area contributed by atoms with E-state index in [2.05, 4.69) is 0 Å². The zero-order valence-electron chi connectivity index (χ0n) is 9.66. The van der Waals surface area contributed by atoms with Crippen molar-refractivity contribution >= 4 is 0 Å². The van der Waals surface area contributed by atoms with Crippen molar-refractivity contribution in [2.45, 2.75) is 12.5 Å². The lowest BCUT2D eigenvalue weighted by Crippen LogP contribution is -2.21. The summed E-state index contributed by atoms with van der Waals surface area (Å²) in [6.45, 7) is 1.34. The number of aromatic hydroxyl groups is 1. The monoisotopic (exact) mass is 242 g/mol. The summed E-state index contributed by atoms with van der Waals surface area (Å²) in [7, 11) is 1.88. The number of likely N-dealkylation sites (tertiary alicyclic amines) is 1. The molecule has 1 aromatic carbocycles. The standard InChI is InChI=1S/C12H16F2N2O/c1-16-6-7(5-15)4-10(16)8-2-3-9(13)12(17)11(8)14/h2-3,7,10,17H,4-6,15H2,1H3. The Morgan fingerprint density at radius 1 is 1.47 bits per heavy atom. The molecule has 1 fully saturated rings. The topological polar surface area (TPSA) is 49.5 Å². The number of nitrogens with two attached hydrogens (primary N) is 1. The van der Waals surface area contributed by atoms with E-state index >= 15 is 0 Å². The van der Waals surface area contributed by atoms with Gasteiger partial charge in [-0.05, 0) is 32.0 Å². The molecule has 2 atom stereocenters. The van der Waals surface area contributed by atoms with E-state index in [1.54, 1.807) is 0 Å². The molecule has 3 N–H and O–H groups in total. The van der Waals surface area contributed by atoms with Crippen molar-refractivity contribution in [3.63, 3.8) is 0 Å². The first-order valence-electron chi connectivity index (χ1n) is 5.61. The number of hydrogen-bond acceptors (Lipinski definition) is 3. The van der Waals surface area contributed by atoms with Crippen molar-refractivity contribution in [3.05, 3.63) is 29.3 Å². The molecule has 0 amide bonds. The van der Waals surface area contributed by atoms with Crippen molar-refractivity contribution in [1.29, 1.82) is 0 Å². The third-order valence-electron chi connectivity index (χ3n) is 3.42. The van der Waals surface area contributed by atoms with Crippen LogP contribution >= 0.6 is 0 Å². The molecule has 0 aliphatic carbocycles. The molecule has 2 rings (SSSR count). The van der Waals surface area contributed by atoms with E-state index < -0.39 is 17.4 Å². The minimum Gasteiger partial charge on any atom is -0.503 e. The highest BCUT2D eigenvalue weighted by atomic mass is 19.1. The lowest BCUT2D eigenvalue weighted by molar-refractivity contribution is 0.301. The fourth-order valence-electron chi connectivity index (χ4n) is 2.45. The summed E-state index contributed by atoms with van der Waals surface area (Å²) in [4.78, 5) is 1.98. The van der Waals surface area contributed by atoms with Gasteiger partial charge in [0.15, 0.2) is 17.4 Å². The molecule has 0 saturated carbocycles. The molecular formula is C12H16F2N2O. The Bertz CT molecular complexity index is 425. The van der Waals surface area contributed by atoms with Gasteiger partial charge in [-0.1, -0.05) is 6.07 Å². The summed E-state index contributed by atoms with van der Waals surface area (Å²) in [6.07, 6.45) is 0.731. The molecule has 2 unspecified atom stereocenters. The third kappa shape index (κ3) is 2.12. The van der Waals surface area contributed by atoms with Gasteiger partial charge in [0, 0.05) is 18.2 Å². The van der Waals surface area contributed by atoms with Crippen molar-refractivity contribution in [1.82, 2.24) is 4.90 Å². The SMILES string of the molecule is CN1CC(CN)CC1c1ccc(F)c(O)c1F. The highest BCUT2D eigenvalue weighted by molar-refractivity contribution is 5.34. The minimum atomic E-state index is -0.928. The zero-order chi connectivity index (χ0) is 12.6. The Balaban J connectivity index is 2.32. The summed E-state index contributed by atoms with van der Waals surface area (Å²) in [5.41, 5.74) is 5.93. The van der Waals surface area contributed by atoms with Gasteiger partial charge < -0.3 is 10.8 Å². The van der Waals surface area contributed by atoms with Crippen LogP contribution in [0, 0.1) is 17.6 Å². The van der Waals surface area contributed by atoms with E-state index in [1.165, 1.54) is 6.07 Å². The molecule has 1 heterocycles. The fourth-order valence-corrected chi connectivity index (χ4v) is 2.45. The second-order valence-corrected chi connectivity index (χ2v) is 4.59. The number of halogens is 2. The van der Waals surface area contributed by atoms with Gasteiger partial charge in [0.2, 0.25) is 0 Å². The Labute approximate surface area is 98.8 Å². The van der Waals surface area contributed by atoms with Gasteiger partial charge in [0.1, 0.15) is 0 Å². The Morgan fingerprint density at radius 2 is 2.18 bits per heavy atom. The van der Waals surface area contributed by atoms with Gasteiger partial charge in [0.25, 0.3) is 0 Å². The van der Waals surface area contributed by atoms with Gasteiger partial charge in [0.05, 0.1) is 0 Å². The van der Waals surface area contributed by atoms with Crippen LogP contribution in [-0.2, 0) is 0 Å². The molecule has 1 aliphatic heterocycles. The molecule has 94 valence electrons. The summed E-state index contributed by atoms with van der Waals surface area (Å²) >= 11 is 0. The smallest absolute Gasteiger partial charge is 0.188 e. The van der Waals surface area contributed by atoms with Gasteiger partial charge in [-0.2, -0.15) is 0 Å². The Kier molecular flexibility index (Phi) is 3.31. The van der Waals surface area contributed by atoms with E-state index in [-0.39, 0.29) is 6.04 Å². The largest absolute Gasteiger partial charge is 0.503 e.